The Balaban J connectivity index is 1.31. The van der Waals surface area contributed by atoms with Crippen molar-refractivity contribution >= 4 is 38.7 Å². The lowest BCUT2D eigenvalue weighted by Crippen LogP contribution is -2.22. The molecule has 1 aliphatic rings. The van der Waals surface area contributed by atoms with Crippen molar-refractivity contribution in [1.82, 2.24) is 4.83 Å². The summed E-state index contributed by atoms with van der Waals surface area (Å²) in [7, 11) is -3.83. The van der Waals surface area contributed by atoms with E-state index in [1.54, 1.807) is 43.3 Å². The van der Waals surface area contributed by atoms with Gasteiger partial charge < -0.3 is 9.73 Å². The Kier molecular flexibility index (Phi) is 7.38. The van der Waals surface area contributed by atoms with Gasteiger partial charge in [0.1, 0.15) is 5.76 Å². The van der Waals surface area contributed by atoms with E-state index >= 15 is 0 Å². The molecule has 198 valence electrons. The standard InChI is InChI=1S/C29H27N5O4S/c1-19-11-17-24(18-12-19)39(36,37)34-33-25-9-6-10-26-27(25)20(2)28(38-26)29(35)30-21-13-15-23(16-14-21)32-31-22-7-4-3-5-8-22/h3-5,7-8,11-18,34H,6,9-10H2,1-2H3,(H,30,35). The number of carbonyl (C=O) groups is 1. The number of aryl methyl sites for hydroxylation is 2. The lowest BCUT2D eigenvalue weighted by atomic mass is 9.93. The van der Waals surface area contributed by atoms with Crippen LogP contribution in [-0.4, -0.2) is 20.0 Å². The van der Waals surface area contributed by atoms with Gasteiger partial charge in [0, 0.05) is 23.2 Å². The largest absolute Gasteiger partial charge is 0.455 e. The Labute approximate surface area is 226 Å². The Morgan fingerprint density at radius 2 is 1.51 bits per heavy atom. The molecule has 1 aliphatic carbocycles. The molecule has 10 heteroatoms. The van der Waals surface area contributed by atoms with E-state index < -0.39 is 15.9 Å². The van der Waals surface area contributed by atoms with Crippen LogP contribution >= 0.6 is 0 Å². The summed E-state index contributed by atoms with van der Waals surface area (Å²) in [6.07, 6.45) is 1.92. The Hall–Kier alpha value is -4.57. The lowest BCUT2D eigenvalue weighted by molar-refractivity contribution is 0.0994. The number of furan rings is 1. The van der Waals surface area contributed by atoms with E-state index in [1.807, 2.05) is 37.3 Å². The van der Waals surface area contributed by atoms with Crippen molar-refractivity contribution in [3.8, 4) is 0 Å². The minimum Gasteiger partial charge on any atom is -0.455 e. The first-order valence-electron chi connectivity index (χ1n) is 12.5. The summed E-state index contributed by atoms with van der Waals surface area (Å²) >= 11 is 0. The van der Waals surface area contributed by atoms with Gasteiger partial charge in [0.15, 0.2) is 5.76 Å². The predicted molar refractivity (Wildman–Crippen MR) is 149 cm³/mol. The van der Waals surface area contributed by atoms with Crippen molar-refractivity contribution in [2.75, 3.05) is 5.32 Å². The Bertz CT molecular complexity index is 1660. The van der Waals surface area contributed by atoms with E-state index in [1.165, 1.54) is 12.1 Å². The summed E-state index contributed by atoms with van der Waals surface area (Å²) in [6, 6.07) is 22.9. The number of carbonyl (C=O) groups excluding carboxylic acids is 1. The molecule has 0 unspecified atom stereocenters. The van der Waals surface area contributed by atoms with Crippen LogP contribution in [0.5, 0.6) is 0 Å². The number of rotatable bonds is 7. The highest BCUT2D eigenvalue weighted by Crippen LogP contribution is 2.31. The molecular weight excluding hydrogens is 514 g/mol. The van der Waals surface area contributed by atoms with Crippen LogP contribution in [0.3, 0.4) is 0 Å². The molecule has 1 aromatic heterocycles. The number of anilines is 1. The van der Waals surface area contributed by atoms with Gasteiger partial charge in [-0.2, -0.15) is 28.6 Å². The van der Waals surface area contributed by atoms with Crippen LogP contribution in [0.25, 0.3) is 0 Å². The molecule has 0 saturated heterocycles. The predicted octanol–water partition coefficient (Wildman–Crippen LogP) is 6.58. The molecular formula is C29H27N5O4S. The number of nitrogens with zero attached hydrogens (tertiary/aromatic N) is 3. The average molecular weight is 542 g/mol. The molecule has 0 atom stereocenters. The normalized spacial score (nSPS) is 14.4. The number of benzene rings is 3. The lowest BCUT2D eigenvalue weighted by Gasteiger charge is -2.14. The first-order valence-corrected chi connectivity index (χ1v) is 13.9. The van der Waals surface area contributed by atoms with Crippen LogP contribution in [0.1, 0.15) is 45.8 Å². The van der Waals surface area contributed by atoms with E-state index in [0.29, 0.717) is 46.8 Å². The number of fused-ring (bicyclic) bond motifs is 1. The summed E-state index contributed by atoms with van der Waals surface area (Å²) in [6.45, 7) is 3.66. The monoisotopic (exact) mass is 541 g/mol. The maximum atomic E-state index is 13.1. The van der Waals surface area contributed by atoms with Crippen molar-refractivity contribution in [3.63, 3.8) is 0 Å². The molecule has 0 radical (unpaired) electrons. The highest BCUT2D eigenvalue weighted by molar-refractivity contribution is 7.89. The number of hydrogen-bond donors (Lipinski definition) is 2. The topological polar surface area (TPSA) is 125 Å². The third-order valence-electron chi connectivity index (χ3n) is 6.33. The molecule has 0 bridgehead atoms. The summed E-state index contributed by atoms with van der Waals surface area (Å²) in [5.41, 5.74) is 4.76. The quantitative estimate of drug-likeness (QED) is 0.202. The fourth-order valence-corrected chi connectivity index (χ4v) is 5.12. The van der Waals surface area contributed by atoms with E-state index in [9.17, 15) is 13.2 Å². The van der Waals surface area contributed by atoms with Crippen LogP contribution in [0.2, 0.25) is 0 Å². The Morgan fingerprint density at radius 3 is 2.21 bits per heavy atom. The van der Waals surface area contributed by atoms with Gasteiger partial charge in [0.25, 0.3) is 15.9 Å². The second kappa shape index (κ2) is 11.0. The zero-order chi connectivity index (χ0) is 27.4. The van der Waals surface area contributed by atoms with Gasteiger partial charge >= 0.3 is 0 Å². The number of azo groups is 1. The molecule has 0 aliphatic heterocycles. The molecule has 4 aromatic rings. The van der Waals surface area contributed by atoms with Crippen molar-refractivity contribution in [2.24, 2.45) is 15.3 Å². The van der Waals surface area contributed by atoms with E-state index in [2.05, 4.69) is 25.5 Å². The second-order valence-corrected chi connectivity index (χ2v) is 10.9. The highest BCUT2D eigenvalue weighted by Gasteiger charge is 2.28. The van der Waals surface area contributed by atoms with Crippen LogP contribution in [-0.2, 0) is 16.4 Å². The number of sulfonamides is 1. The van der Waals surface area contributed by atoms with Gasteiger partial charge in [-0.25, -0.2) is 0 Å². The summed E-state index contributed by atoms with van der Waals surface area (Å²) in [5, 5.41) is 15.5. The molecule has 1 heterocycles. The number of hydrogen-bond acceptors (Lipinski definition) is 7. The van der Waals surface area contributed by atoms with E-state index in [0.717, 1.165) is 17.7 Å². The molecule has 5 rings (SSSR count). The highest BCUT2D eigenvalue weighted by atomic mass is 32.2. The van der Waals surface area contributed by atoms with Crippen molar-refractivity contribution in [3.05, 3.63) is 107 Å². The smallest absolute Gasteiger partial charge is 0.291 e. The van der Waals surface area contributed by atoms with Crippen LogP contribution in [0.4, 0.5) is 17.1 Å². The molecule has 39 heavy (non-hydrogen) atoms. The van der Waals surface area contributed by atoms with Gasteiger partial charge in [-0.05, 0) is 75.2 Å². The summed E-state index contributed by atoms with van der Waals surface area (Å²) in [5.74, 6) is 0.387. The maximum absolute atomic E-state index is 13.1. The third kappa shape index (κ3) is 5.96. The fraction of sp³-hybridized carbons (Fsp3) is 0.172. The fourth-order valence-electron chi connectivity index (χ4n) is 4.29. The van der Waals surface area contributed by atoms with Crippen LogP contribution in [0.15, 0.2) is 104 Å². The number of hydrazone groups is 1. The van der Waals surface area contributed by atoms with Gasteiger partial charge in [-0.1, -0.05) is 35.9 Å². The molecule has 2 N–H and O–H groups in total. The molecule has 1 amide bonds. The molecule has 9 nitrogen and oxygen atoms in total. The van der Waals surface area contributed by atoms with Gasteiger partial charge in [-0.15, -0.1) is 0 Å². The van der Waals surface area contributed by atoms with Gasteiger partial charge in [0.2, 0.25) is 0 Å². The zero-order valence-electron chi connectivity index (χ0n) is 21.5. The number of nitrogens with one attached hydrogen (secondary N) is 2. The molecule has 3 aromatic carbocycles. The molecule has 0 fully saturated rings. The van der Waals surface area contributed by atoms with E-state index in [-0.39, 0.29) is 10.7 Å². The zero-order valence-corrected chi connectivity index (χ0v) is 22.3. The second-order valence-electron chi connectivity index (χ2n) is 9.21. The average Bonchev–Trinajstić information content (AvgIpc) is 3.29. The van der Waals surface area contributed by atoms with Crippen molar-refractivity contribution < 1.29 is 17.6 Å². The minimum absolute atomic E-state index is 0.130. The Morgan fingerprint density at radius 1 is 0.846 bits per heavy atom. The van der Waals surface area contributed by atoms with Crippen molar-refractivity contribution in [2.45, 2.75) is 38.0 Å². The minimum atomic E-state index is -3.83. The first-order chi connectivity index (χ1) is 18.8. The van der Waals surface area contributed by atoms with Crippen molar-refractivity contribution in [1.29, 1.82) is 0 Å². The third-order valence-corrected chi connectivity index (χ3v) is 7.55. The SMILES string of the molecule is Cc1ccc(S(=O)(=O)NN=C2CCCc3oc(C(=O)Nc4ccc(N=Nc5ccccc5)cc4)c(C)c32)cc1. The van der Waals surface area contributed by atoms with Gasteiger partial charge in [0.05, 0.1) is 22.0 Å². The van der Waals surface area contributed by atoms with Gasteiger partial charge in [-0.3, -0.25) is 4.79 Å². The molecule has 0 spiro atoms. The molecule has 0 saturated carbocycles. The van der Waals surface area contributed by atoms with E-state index in [4.69, 9.17) is 4.42 Å². The van der Waals surface area contributed by atoms with Crippen LogP contribution < -0.4 is 10.1 Å². The van der Waals surface area contributed by atoms with Crippen LogP contribution in [0, 0.1) is 13.8 Å². The summed E-state index contributed by atoms with van der Waals surface area (Å²) in [4.78, 5) is 15.6. The summed E-state index contributed by atoms with van der Waals surface area (Å²) < 4.78 is 31.4. The first kappa shape index (κ1) is 26.1. The number of amides is 1. The maximum Gasteiger partial charge on any atom is 0.291 e.